The van der Waals surface area contributed by atoms with Gasteiger partial charge in [0.05, 0.1) is 0 Å². The second-order valence-electron chi connectivity index (χ2n) is 6.10. The number of hydrogen-bond acceptors (Lipinski definition) is 2. The summed E-state index contributed by atoms with van der Waals surface area (Å²) >= 11 is 0. The number of rotatable bonds is 5. The van der Waals surface area contributed by atoms with E-state index in [-0.39, 0.29) is 11.0 Å². The third-order valence-electron chi connectivity index (χ3n) is 3.80. The van der Waals surface area contributed by atoms with Crippen molar-refractivity contribution in [3.63, 3.8) is 0 Å². The van der Waals surface area contributed by atoms with Crippen molar-refractivity contribution in [2.24, 2.45) is 0 Å². The van der Waals surface area contributed by atoms with E-state index in [4.69, 9.17) is 4.74 Å². The van der Waals surface area contributed by atoms with Gasteiger partial charge in [0.1, 0.15) is 17.1 Å². The van der Waals surface area contributed by atoms with Crippen LogP contribution in [0.2, 0.25) is 0 Å². The van der Waals surface area contributed by atoms with Gasteiger partial charge in [-0.3, -0.25) is 0 Å². The van der Waals surface area contributed by atoms with E-state index >= 15 is 0 Å². The Kier molecular flexibility index (Phi) is 4.31. The van der Waals surface area contributed by atoms with Gasteiger partial charge in [0.2, 0.25) is 0 Å². The van der Waals surface area contributed by atoms with Crippen LogP contribution in [-0.2, 0) is 5.41 Å². The zero-order valence-electron chi connectivity index (χ0n) is 12.5. The quantitative estimate of drug-likeness (QED) is 0.824. The van der Waals surface area contributed by atoms with E-state index in [1.54, 1.807) is 6.07 Å². The lowest BCUT2D eigenvalue weighted by atomic mass is 9.81. The molecule has 0 aliphatic heterocycles. The van der Waals surface area contributed by atoms with Gasteiger partial charge < -0.3 is 9.84 Å². The Balaban J connectivity index is 3.25. The highest BCUT2D eigenvalue weighted by atomic mass is 16.5. The third-order valence-corrected chi connectivity index (χ3v) is 3.80. The lowest BCUT2D eigenvalue weighted by Gasteiger charge is -2.31. The van der Waals surface area contributed by atoms with Crippen LogP contribution >= 0.6 is 0 Å². The molecule has 1 N–H and O–H groups in total. The van der Waals surface area contributed by atoms with Crippen molar-refractivity contribution in [2.45, 2.75) is 65.4 Å². The second-order valence-corrected chi connectivity index (χ2v) is 6.10. The van der Waals surface area contributed by atoms with Crippen LogP contribution in [0.15, 0.2) is 18.2 Å². The van der Waals surface area contributed by atoms with Crippen LogP contribution in [0.3, 0.4) is 0 Å². The molecule has 0 bridgehead atoms. The third kappa shape index (κ3) is 3.18. The number of phenolic OH excluding ortho intramolecular Hbond substituents is 1. The minimum atomic E-state index is -0.216. The topological polar surface area (TPSA) is 29.5 Å². The first-order chi connectivity index (χ1) is 8.23. The largest absolute Gasteiger partial charge is 0.508 e. The van der Waals surface area contributed by atoms with Gasteiger partial charge >= 0.3 is 0 Å². The Morgan fingerprint density at radius 3 is 2.17 bits per heavy atom. The predicted octanol–water partition coefficient (Wildman–Crippen LogP) is 4.65. The number of hydrogen-bond donors (Lipinski definition) is 1. The zero-order valence-corrected chi connectivity index (χ0v) is 12.5. The van der Waals surface area contributed by atoms with Crippen molar-refractivity contribution >= 4 is 0 Å². The minimum absolute atomic E-state index is 0.0928. The molecule has 0 amide bonds. The molecule has 0 fully saturated rings. The van der Waals surface area contributed by atoms with Gasteiger partial charge in [0, 0.05) is 5.56 Å². The number of phenols is 1. The molecule has 2 nitrogen and oxygen atoms in total. The summed E-state index contributed by atoms with van der Waals surface area (Å²) in [5.41, 5.74) is 0.602. The molecule has 1 aromatic carbocycles. The molecule has 1 aromatic rings. The summed E-state index contributed by atoms with van der Waals surface area (Å²) in [7, 11) is 0. The molecule has 0 heterocycles. The molecule has 0 unspecified atom stereocenters. The van der Waals surface area contributed by atoms with Gasteiger partial charge in [0.15, 0.2) is 0 Å². The number of aromatic hydroxyl groups is 1. The molecule has 18 heavy (non-hydrogen) atoms. The Morgan fingerprint density at radius 1 is 1.06 bits per heavy atom. The highest BCUT2D eigenvalue weighted by molar-refractivity contribution is 5.48. The fourth-order valence-electron chi connectivity index (χ4n) is 1.83. The maximum Gasteiger partial charge on any atom is 0.127 e. The van der Waals surface area contributed by atoms with E-state index in [1.807, 2.05) is 12.1 Å². The molecule has 0 aromatic heterocycles. The molecule has 0 radical (unpaired) electrons. The van der Waals surface area contributed by atoms with Gasteiger partial charge in [-0.15, -0.1) is 0 Å². The predicted molar refractivity (Wildman–Crippen MR) is 76.4 cm³/mol. The van der Waals surface area contributed by atoms with E-state index in [0.29, 0.717) is 5.75 Å². The van der Waals surface area contributed by atoms with Crippen molar-refractivity contribution in [3.8, 4) is 11.5 Å². The smallest absolute Gasteiger partial charge is 0.127 e. The van der Waals surface area contributed by atoms with Crippen molar-refractivity contribution in [1.29, 1.82) is 0 Å². The molecule has 2 heteroatoms. The molecule has 0 spiro atoms. The summed E-state index contributed by atoms with van der Waals surface area (Å²) in [6.07, 6.45) is 1.88. The van der Waals surface area contributed by atoms with Crippen molar-refractivity contribution in [2.75, 3.05) is 0 Å². The van der Waals surface area contributed by atoms with Crippen molar-refractivity contribution in [1.82, 2.24) is 0 Å². The van der Waals surface area contributed by atoms with Crippen LogP contribution in [-0.4, -0.2) is 10.7 Å². The molecular formula is C16H26O2. The number of ether oxygens (including phenoxy) is 1. The van der Waals surface area contributed by atoms with Gasteiger partial charge in [-0.25, -0.2) is 0 Å². The lowest BCUT2D eigenvalue weighted by Crippen LogP contribution is -2.29. The number of benzene rings is 1. The summed E-state index contributed by atoms with van der Waals surface area (Å²) in [5.74, 6) is 1.12. The first kappa shape index (κ1) is 14.9. The van der Waals surface area contributed by atoms with E-state index in [1.165, 1.54) is 0 Å². The summed E-state index contributed by atoms with van der Waals surface area (Å²) in [6, 6.07) is 5.52. The van der Waals surface area contributed by atoms with Gasteiger partial charge in [-0.2, -0.15) is 0 Å². The van der Waals surface area contributed by atoms with Gasteiger partial charge in [-0.1, -0.05) is 33.8 Å². The monoisotopic (exact) mass is 250 g/mol. The normalized spacial score (nSPS) is 12.6. The van der Waals surface area contributed by atoms with Crippen LogP contribution < -0.4 is 4.74 Å². The van der Waals surface area contributed by atoms with Crippen LogP contribution in [0.5, 0.6) is 11.5 Å². The average Bonchev–Trinajstić information content (AvgIpc) is 2.28. The highest BCUT2D eigenvalue weighted by Gasteiger charge is 2.28. The Bertz CT molecular complexity index is 406. The molecule has 0 aliphatic rings. The van der Waals surface area contributed by atoms with E-state index in [9.17, 15) is 5.11 Å². The molecule has 102 valence electrons. The van der Waals surface area contributed by atoms with Crippen LogP contribution in [0, 0.1) is 0 Å². The minimum Gasteiger partial charge on any atom is -0.508 e. The fraction of sp³-hybridized carbons (Fsp3) is 0.625. The second kappa shape index (κ2) is 5.21. The molecule has 1 rings (SSSR count). The van der Waals surface area contributed by atoms with Crippen molar-refractivity contribution < 1.29 is 9.84 Å². The fourth-order valence-corrected chi connectivity index (χ4v) is 1.83. The summed E-state index contributed by atoms with van der Waals surface area (Å²) in [6.45, 7) is 12.6. The SMILES string of the molecule is CCC(C)(C)Oc1cccc(O)c1C(C)(C)CC. The lowest BCUT2D eigenvalue weighted by molar-refractivity contribution is 0.102. The maximum absolute atomic E-state index is 10.1. The molecule has 0 saturated heterocycles. The molecule has 0 atom stereocenters. The first-order valence-corrected chi connectivity index (χ1v) is 6.75. The molecule has 0 aliphatic carbocycles. The Morgan fingerprint density at radius 2 is 1.67 bits per heavy atom. The average molecular weight is 250 g/mol. The summed E-state index contributed by atoms with van der Waals surface area (Å²) < 4.78 is 6.09. The van der Waals surface area contributed by atoms with E-state index < -0.39 is 0 Å². The Hall–Kier alpha value is -1.18. The van der Waals surface area contributed by atoms with Crippen molar-refractivity contribution in [3.05, 3.63) is 23.8 Å². The maximum atomic E-state index is 10.1. The first-order valence-electron chi connectivity index (χ1n) is 6.75. The zero-order chi connectivity index (χ0) is 14.0. The van der Waals surface area contributed by atoms with E-state index in [0.717, 1.165) is 24.2 Å². The summed E-state index contributed by atoms with van der Waals surface area (Å²) in [4.78, 5) is 0. The molecule has 0 saturated carbocycles. The van der Waals surface area contributed by atoms with Crippen LogP contribution in [0.1, 0.15) is 59.9 Å². The van der Waals surface area contributed by atoms with Gasteiger partial charge in [0.25, 0.3) is 0 Å². The van der Waals surface area contributed by atoms with E-state index in [2.05, 4.69) is 41.5 Å². The van der Waals surface area contributed by atoms with Crippen LogP contribution in [0.4, 0.5) is 0 Å². The molecular weight excluding hydrogens is 224 g/mol. The van der Waals surface area contributed by atoms with Crippen LogP contribution in [0.25, 0.3) is 0 Å². The van der Waals surface area contributed by atoms with Gasteiger partial charge in [-0.05, 0) is 44.2 Å². The summed E-state index contributed by atoms with van der Waals surface area (Å²) in [5, 5.41) is 10.1. The highest BCUT2D eigenvalue weighted by Crippen LogP contribution is 2.41. The Labute approximate surface area is 111 Å². The standard InChI is InChI=1S/C16H26O2/c1-7-15(3,4)14-12(17)10-9-11-13(14)18-16(5,6)8-2/h9-11,17H,7-8H2,1-6H3.